The molecule has 1 fully saturated rings. The molecule has 108 valence electrons. The first-order chi connectivity index (χ1) is 7.88. The highest BCUT2D eigenvalue weighted by Gasteiger charge is 2.73. The normalized spacial score (nSPS) is 30.8. The number of rotatable bonds is 2. The molecule has 8 heteroatoms. The topological polar surface area (TPSA) is 29.5 Å². The molecule has 0 radical (unpaired) electrons. The molecule has 0 bridgehead atoms. The molecule has 0 aromatic heterocycles. The third-order valence-corrected chi connectivity index (χ3v) is 3.13. The molecule has 1 aliphatic carbocycles. The van der Waals surface area contributed by atoms with Crippen molar-refractivity contribution in [1.29, 1.82) is 0 Å². The number of hydrogen-bond acceptors (Lipinski definition) is 2. The van der Waals surface area contributed by atoms with Gasteiger partial charge in [0.05, 0.1) is 6.10 Å². The molecular formula is C10H14F6O2. The molecule has 2 nitrogen and oxygen atoms in total. The summed E-state index contributed by atoms with van der Waals surface area (Å²) in [5.41, 5.74) is 0. The fourth-order valence-corrected chi connectivity index (χ4v) is 2.19. The minimum Gasteiger partial charge on any atom is -0.351 e. The van der Waals surface area contributed by atoms with E-state index in [1.807, 2.05) is 0 Å². The van der Waals surface area contributed by atoms with Gasteiger partial charge in [-0.05, 0) is 24.7 Å². The molecule has 1 N–H and O–H groups in total. The maximum absolute atomic E-state index is 12.4. The lowest BCUT2D eigenvalue weighted by Crippen LogP contribution is -2.60. The molecule has 3 unspecified atom stereocenters. The van der Waals surface area contributed by atoms with Gasteiger partial charge in [-0.1, -0.05) is 13.8 Å². The average molecular weight is 280 g/mol. The Labute approximate surface area is 99.9 Å². The van der Waals surface area contributed by atoms with Gasteiger partial charge < -0.3 is 9.84 Å². The van der Waals surface area contributed by atoms with Crippen molar-refractivity contribution < 1.29 is 36.2 Å². The zero-order chi connectivity index (χ0) is 14.4. The van der Waals surface area contributed by atoms with Gasteiger partial charge in [0.1, 0.15) is 0 Å². The van der Waals surface area contributed by atoms with E-state index in [-0.39, 0.29) is 12.3 Å². The lowest BCUT2D eigenvalue weighted by molar-refractivity contribution is -0.466. The Morgan fingerprint density at radius 3 is 1.67 bits per heavy atom. The van der Waals surface area contributed by atoms with E-state index in [9.17, 15) is 26.3 Å². The van der Waals surface area contributed by atoms with Crippen LogP contribution in [0.1, 0.15) is 26.7 Å². The second-order valence-electron chi connectivity index (χ2n) is 4.85. The minimum absolute atomic E-state index is 0.0317. The first-order valence-electron chi connectivity index (χ1n) is 5.42. The quantitative estimate of drug-likeness (QED) is 0.621. The molecule has 1 rings (SSSR count). The number of hydrogen-bond donors (Lipinski definition) is 1. The molecule has 0 spiro atoms. The maximum Gasteiger partial charge on any atom is 0.453 e. The number of alkyl halides is 6. The summed E-state index contributed by atoms with van der Waals surface area (Å²) in [6, 6.07) is 0. The van der Waals surface area contributed by atoms with Gasteiger partial charge in [0, 0.05) is 0 Å². The van der Waals surface area contributed by atoms with Gasteiger partial charge in [0.2, 0.25) is 0 Å². The molecule has 3 atom stereocenters. The average Bonchev–Trinajstić information content (AvgIpc) is 2.41. The van der Waals surface area contributed by atoms with Gasteiger partial charge in [-0.2, -0.15) is 26.3 Å². The maximum atomic E-state index is 12.4. The molecule has 0 aliphatic heterocycles. The third-order valence-electron chi connectivity index (χ3n) is 3.13. The molecule has 1 aliphatic rings. The summed E-state index contributed by atoms with van der Waals surface area (Å²) in [6.45, 7) is 3.21. The van der Waals surface area contributed by atoms with Crippen LogP contribution in [-0.4, -0.2) is 29.4 Å². The van der Waals surface area contributed by atoms with Crippen LogP contribution in [0.4, 0.5) is 26.3 Å². The number of ether oxygens (including phenoxy) is 1. The summed E-state index contributed by atoms with van der Waals surface area (Å²) in [6.07, 6.45) is -12.6. The smallest absolute Gasteiger partial charge is 0.351 e. The monoisotopic (exact) mass is 280 g/mol. The van der Waals surface area contributed by atoms with Gasteiger partial charge >= 0.3 is 18.1 Å². The fourth-order valence-electron chi connectivity index (χ4n) is 2.19. The summed E-state index contributed by atoms with van der Waals surface area (Å²) in [7, 11) is 0. The van der Waals surface area contributed by atoms with Crippen molar-refractivity contribution in [3.05, 3.63) is 0 Å². The first-order valence-corrected chi connectivity index (χ1v) is 5.42. The Kier molecular flexibility index (Phi) is 3.94. The summed E-state index contributed by atoms with van der Waals surface area (Å²) in [5.74, 6) is -5.59. The first kappa shape index (κ1) is 15.6. The van der Waals surface area contributed by atoms with Gasteiger partial charge in [0.25, 0.3) is 0 Å². The van der Waals surface area contributed by atoms with Crippen molar-refractivity contribution in [3.63, 3.8) is 0 Å². The van der Waals surface area contributed by atoms with Crippen LogP contribution in [-0.2, 0) is 4.74 Å². The van der Waals surface area contributed by atoms with Crippen molar-refractivity contribution >= 4 is 0 Å². The number of aliphatic hydroxyl groups is 1. The van der Waals surface area contributed by atoms with Crippen LogP contribution in [0.25, 0.3) is 0 Å². The van der Waals surface area contributed by atoms with E-state index in [2.05, 4.69) is 4.74 Å². The van der Waals surface area contributed by atoms with Crippen LogP contribution < -0.4 is 0 Å². The molecule has 0 aromatic carbocycles. The standard InChI is InChI=1S/C10H14F6O2/c1-5-3-6(2)7(4-5)18-8(17,9(11,12)13)10(14,15)16/h5-7,17H,3-4H2,1-2H3. The van der Waals surface area contributed by atoms with Crippen molar-refractivity contribution in [2.45, 2.75) is 50.9 Å². The predicted molar refractivity (Wildman–Crippen MR) is 49.5 cm³/mol. The fraction of sp³-hybridized carbons (Fsp3) is 1.00. The van der Waals surface area contributed by atoms with Gasteiger partial charge in [-0.15, -0.1) is 0 Å². The van der Waals surface area contributed by atoms with Crippen molar-refractivity contribution in [3.8, 4) is 0 Å². The Hall–Kier alpha value is -0.500. The summed E-state index contributed by atoms with van der Waals surface area (Å²) in [5, 5.41) is 8.88. The van der Waals surface area contributed by atoms with E-state index in [1.165, 1.54) is 6.92 Å². The molecule has 0 amide bonds. The molecule has 0 aromatic rings. The molecule has 0 saturated heterocycles. The highest BCUT2D eigenvalue weighted by Crippen LogP contribution is 2.47. The lowest BCUT2D eigenvalue weighted by atomic mass is 10.1. The summed E-state index contributed by atoms with van der Waals surface area (Å²) in [4.78, 5) is 0. The molecular weight excluding hydrogens is 266 g/mol. The highest BCUT2D eigenvalue weighted by atomic mass is 19.4. The molecule has 1 saturated carbocycles. The van der Waals surface area contributed by atoms with Crippen LogP contribution in [0.5, 0.6) is 0 Å². The summed E-state index contributed by atoms with van der Waals surface area (Å²) >= 11 is 0. The molecule has 0 heterocycles. The van der Waals surface area contributed by atoms with E-state index >= 15 is 0 Å². The van der Waals surface area contributed by atoms with E-state index in [1.54, 1.807) is 6.92 Å². The van der Waals surface area contributed by atoms with Gasteiger partial charge in [-0.3, -0.25) is 0 Å². The minimum atomic E-state index is -5.92. The van der Waals surface area contributed by atoms with E-state index in [0.717, 1.165) is 0 Å². The van der Waals surface area contributed by atoms with E-state index in [4.69, 9.17) is 5.11 Å². The van der Waals surface area contributed by atoms with Crippen LogP contribution in [0.3, 0.4) is 0 Å². The Balaban J connectivity index is 2.94. The highest BCUT2D eigenvalue weighted by molar-refractivity contribution is 4.89. The van der Waals surface area contributed by atoms with Gasteiger partial charge in [0.15, 0.2) is 0 Å². The zero-order valence-corrected chi connectivity index (χ0v) is 9.77. The van der Waals surface area contributed by atoms with Crippen LogP contribution >= 0.6 is 0 Å². The predicted octanol–water partition coefficient (Wildman–Crippen LogP) is 3.25. The van der Waals surface area contributed by atoms with Gasteiger partial charge in [-0.25, -0.2) is 0 Å². The number of halogens is 6. The Bertz CT molecular complexity index is 284. The van der Waals surface area contributed by atoms with Crippen molar-refractivity contribution in [2.75, 3.05) is 0 Å². The second kappa shape index (κ2) is 4.56. The SMILES string of the molecule is CC1CC(C)C(OC(O)(C(F)(F)F)C(F)(F)F)C1. The van der Waals surface area contributed by atoms with Crippen molar-refractivity contribution in [2.24, 2.45) is 11.8 Å². The summed E-state index contributed by atoms with van der Waals surface area (Å²) < 4.78 is 78.3. The van der Waals surface area contributed by atoms with Crippen LogP contribution in [0, 0.1) is 11.8 Å². The Morgan fingerprint density at radius 2 is 1.39 bits per heavy atom. The third kappa shape index (κ3) is 2.74. The van der Waals surface area contributed by atoms with E-state index < -0.39 is 30.2 Å². The Morgan fingerprint density at radius 1 is 0.944 bits per heavy atom. The van der Waals surface area contributed by atoms with Crippen molar-refractivity contribution in [1.82, 2.24) is 0 Å². The molecule has 18 heavy (non-hydrogen) atoms. The second-order valence-corrected chi connectivity index (χ2v) is 4.85. The largest absolute Gasteiger partial charge is 0.453 e. The zero-order valence-electron chi connectivity index (χ0n) is 9.77. The van der Waals surface area contributed by atoms with Crippen LogP contribution in [0.15, 0.2) is 0 Å². The lowest BCUT2D eigenvalue weighted by Gasteiger charge is -2.35. The van der Waals surface area contributed by atoms with Crippen LogP contribution in [0.2, 0.25) is 0 Å². The van der Waals surface area contributed by atoms with E-state index in [0.29, 0.717) is 6.42 Å².